The fourth-order valence-corrected chi connectivity index (χ4v) is 3.28. The maximum Gasteiger partial charge on any atom is 0.133 e. The number of hydrogen-bond acceptors (Lipinski definition) is 4. The fraction of sp³-hybridized carbons (Fsp3) is 0. The van der Waals surface area contributed by atoms with Crippen LogP contribution in [0.5, 0.6) is 0 Å². The third kappa shape index (κ3) is 1.06. The smallest absolute Gasteiger partial charge is 0.133 e. The second kappa shape index (κ2) is 2.95. The molecule has 0 radical (unpaired) electrons. The standard InChI is InChI=1S/C12H8N4S/c13-11-7-3-1-2-6(7)9-10-8(4-14-5-15-10)17-12(9)16-11/h1-5H,13H2,(H,14,15). The molecule has 17 heavy (non-hydrogen) atoms. The Morgan fingerprint density at radius 1 is 1.24 bits per heavy atom. The Balaban J connectivity index is 2.41. The molecule has 0 aliphatic rings. The van der Waals surface area contributed by atoms with Gasteiger partial charge in [0.15, 0.2) is 0 Å². The molecule has 4 aromatic rings. The highest BCUT2D eigenvalue weighted by Gasteiger charge is 2.12. The molecule has 0 aliphatic carbocycles. The largest absolute Gasteiger partial charge is 0.383 e. The van der Waals surface area contributed by atoms with Gasteiger partial charge in [0.05, 0.1) is 16.5 Å². The first-order valence-corrected chi connectivity index (χ1v) is 6.05. The molecule has 0 aliphatic heterocycles. The Hall–Kier alpha value is -2.14. The molecule has 3 aromatic heterocycles. The lowest BCUT2D eigenvalue weighted by atomic mass is 10.2. The number of fused-ring (bicyclic) bond motifs is 5. The molecular weight excluding hydrogens is 232 g/mol. The van der Waals surface area contributed by atoms with Crippen LogP contribution in [0.4, 0.5) is 5.82 Å². The van der Waals surface area contributed by atoms with Gasteiger partial charge in [-0.3, -0.25) is 0 Å². The molecule has 0 unspecified atom stereocenters. The van der Waals surface area contributed by atoms with Crippen LogP contribution in [-0.4, -0.2) is 15.0 Å². The normalized spacial score (nSPS) is 11.8. The molecule has 0 atom stereocenters. The van der Waals surface area contributed by atoms with Gasteiger partial charge in [-0.25, -0.2) is 9.97 Å². The van der Waals surface area contributed by atoms with Gasteiger partial charge in [-0.05, 0) is 5.39 Å². The number of nitrogen functional groups attached to an aromatic ring is 1. The average Bonchev–Trinajstić information content (AvgIpc) is 2.90. The first-order valence-electron chi connectivity index (χ1n) is 5.23. The average molecular weight is 240 g/mol. The van der Waals surface area contributed by atoms with E-state index in [1.807, 2.05) is 18.3 Å². The molecule has 0 saturated carbocycles. The number of nitrogens with one attached hydrogen (secondary N) is 1. The van der Waals surface area contributed by atoms with Crippen LogP contribution in [0.1, 0.15) is 0 Å². The first-order chi connectivity index (χ1) is 8.34. The molecule has 0 bridgehead atoms. The maximum atomic E-state index is 5.96. The molecule has 4 nitrogen and oxygen atoms in total. The highest BCUT2D eigenvalue weighted by molar-refractivity contribution is 7.25. The lowest BCUT2D eigenvalue weighted by Crippen LogP contribution is -1.89. The Kier molecular flexibility index (Phi) is 1.55. The summed E-state index contributed by atoms with van der Waals surface area (Å²) in [4.78, 5) is 12.7. The van der Waals surface area contributed by atoms with E-state index in [2.05, 4.69) is 21.0 Å². The van der Waals surface area contributed by atoms with Crippen molar-refractivity contribution in [1.29, 1.82) is 0 Å². The van der Waals surface area contributed by atoms with E-state index in [4.69, 9.17) is 5.73 Å². The monoisotopic (exact) mass is 240 g/mol. The number of pyridine rings is 1. The summed E-state index contributed by atoms with van der Waals surface area (Å²) in [5.74, 6) is 0.594. The lowest BCUT2D eigenvalue weighted by Gasteiger charge is -1.98. The third-order valence-electron chi connectivity index (χ3n) is 2.98. The van der Waals surface area contributed by atoms with Gasteiger partial charge in [0.1, 0.15) is 10.6 Å². The predicted octanol–water partition coefficient (Wildman–Crippen LogP) is 2.91. The Morgan fingerprint density at radius 2 is 2.12 bits per heavy atom. The van der Waals surface area contributed by atoms with Gasteiger partial charge in [0.2, 0.25) is 0 Å². The summed E-state index contributed by atoms with van der Waals surface area (Å²) in [5.41, 5.74) is 7.05. The van der Waals surface area contributed by atoms with Crippen molar-refractivity contribution in [2.24, 2.45) is 0 Å². The summed E-state index contributed by atoms with van der Waals surface area (Å²) >= 11 is 1.61. The van der Waals surface area contributed by atoms with E-state index in [1.54, 1.807) is 17.7 Å². The number of nitrogens with two attached hydrogens (primary N) is 1. The van der Waals surface area contributed by atoms with Crippen LogP contribution >= 0.6 is 11.3 Å². The lowest BCUT2D eigenvalue weighted by molar-refractivity contribution is 1.23. The number of aromatic amines is 1. The summed E-state index contributed by atoms with van der Waals surface area (Å²) < 4.78 is 1.10. The molecule has 82 valence electrons. The van der Waals surface area contributed by atoms with E-state index in [1.165, 1.54) is 0 Å². The minimum atomic E-state index is 0.594. The minimum Gasteiger partial charge on any atom is -0.383 e. The topological polar surface area (TPSA) is 67.6 Å². The zero-order valence-electron chi connectivity index (χ0n) is 8.77. The second-order valence-corrected chi connectivity index (χ2v) is 4.95. The van der Waals surface area contributed by atoms with Crippen LogP contribution in [0, 0.1) is 0 Å². The predicted molar refractivity (Wildman–Crippen MR) is 71.2 cm³/mol. The van der Waals surface area contributed by atoms with Gasteiger partial charge in [0.25, 0.3) is 0 Å². The van der Waals surface area contributed by atoms with E-state index in [9.17, 15) is 0 Å². The highest BCUT2D eigenvalue weighted by atomic mass is 32.1. The van der Waals surface area contributed by atoms with Crippen molar-refractivity contribution in [3.05, 3.63) is 30.7 Å². The Bertz CT molecular complexity index is 859. The molecule has 1 aromatic carbocycles. The van der Waals surface area contributed by atoms with Gasteiger partial charge in [-0.1, -0.05) is 18.2 Å². The number of hydrogen-bond donors (Lipinski definition) is 2. The number of H-pyrrole nitrogens is 1. The molecular formula is C12H8N4S. The van der Waals surface area contributed by atoms with Crippen LogP contribution in [0.15, 0.2) is 30.7 Å². The van der Waals surface area contributed by atoms with Crippen molar-refractivity contribution in [3.8, 4) is 0 Å². The fourth-order valence-electron chi connectivity index (χ4n) is 2.24. The van der Waals surface area contributed by atoms with Crippen LogP contribution in [0.3, 0.4) is 0 Å². The molecule has 5 heteroatoms. The van der Waals surface area contributed by atoms with Crippen LogP contribution < -0.4 is 5.73 Å². The van der Waals surface area contributed by atoms with Crippen LogP contribution in [0.25, 0.3) is 31.2 Å². The van der Waals surface area contributed by atoms with Crippen molar-refractivity contribution in [2.45, 2.75) is 0 Å². The molecule has 0 fully saturated rings. The van der Waals surface area contributed by atoms with E-state index in [-0.39, 0.29) is 0 Å². The second-order valence-electron chi connectivity index (χ2n) is 3.92. The summed E-state index contributed by atoms with van der Waals surface area (Å²) in [6.45, 7) is 0. The minimum absolute atomic E-state index is 0.594. The molecule has 4 rings (SSSR count). The number of rotatable bonds is 0. The van der Waals surface area contributed by atoms with Crippen molar-refractivity contribution < 1.29 is 0 Å². The summed E-state index contributed by atoms with van der Waals surface area (Å²) in [6.07, 6.45) is 3.54. The number of nitrogens with zero attached hydrogens (tertiary/aromatic N) is 2. The zero-order valence-corrected chi connectivity index (χ0v) is 9.58. The van der Waals surface area contributed by atoms with Crippen molar-refractivity contribution in [2.75, 3.05) is 5.73 Å². The van der Waals surface area contributed by atoms with E-state index >= 15 is 0 Å². The third-order valence-corrected chi connectivity index (χ3v) is 3.99. The van der Waals surface area contributed by atoms with E-state index in [0.29, 0.717) is 5.82 Å². The quantitative estimate of drug-likeness (QED) is 0.496. The van der Waals surface area contributed by atoms with Crippen LogP contribution in [-0.2, 0) is 0 Å². The van der Waals surface area contributed by atoms with Gasteiger partial charge < -0.3 is 10.7 Å². The SMILES string of the molecule is Nc1nc2sc3cnc[nH]c3c2c2cccc12. The number of thiophene rings is 1. The molecule has 0 spiro atoms. The Morgan fingerprint density at radius 3 is 3.06 bits per heavy atom. The maximum absolute atomic E-state index is 5.96. The molecule has 3 N–H and O–H groups in total. The first kappa shape index (κ1) is 8.95. The summed E-state index contributed by atoms with van der Waals surface area (Å²) in [7, 11) is 0. The van der Waals surface area contributed by atoms with Crippen molar-refractivity contribution in [3.63, 3.8) is 0 Å². The van der Waals surface area contributed by atoms with E-state index in [0.717, 1.165) is 31.2 Å². The van der Waals surface area contributed by atoms with Gasteiger partial charge in [-0.2, -0.15) is 0 Å². The summed E-state index contributed by atoms with van der Waals surface area (Å²) in [6, 6.07) is 6.09. The number of aromatic nitrogens is 3. The highest BCUT2D eigenvalue weighted by Crippen LogP contribution is 2.37. The van der Waals surface area contributed by atoms with Crippen molar-refractivity contribution in [1.82, 2.24) is 15.0 Å². The number of anilines is 1. The molecule has 3 heterocycles. The molecule has 0 amide bonds. The summed E-state index contributed by atoms with van der Waals surface area (Å²) in [5, 5.41) is 3.31. The van der Waals surface area contributed by atoms with Crippen LogP contribution in [0.2, 0.25) is 0 Å². The van der Waals surface area contributed by atoms with E-state index < -0.39 is 0 Å². The van der Waals surface area contributed by atoms with Gasteiger partial charge in [-0.15, -0.1) is 11.3 Å². The zero-order chi connectivity index (χ0) is 11.4. The van der Waals surface area contributed by atoms with Gasteiger partial charge >= 0.3 is 0 Å². The Labute approximate surface area is 100 Å². The van der Waals surface area contributed by atoms with Crippen molar-refractivity contribution >= 4 is 48.4 Å². The van der Waals surface area contributed by atoms with Gasteiger partial charge in [0, 0.05) is 17.0 Å². The molecule has 0 saturated heterocycles.